The summed E-state index contributed by atoms with van der Waals surface area (Å²) in [6.07, 6.45) is 3.92. The molecule has 0 amide bonds. The molecule has 0 aliphatic rings. The van der Waals surface area contributed by atoms with Crippen molar-refractivity contribution in [1.29, 1.82) is 0 Å². The van der Waals surface area contributed by atoms with Gasteiger partial charge in [-0.25, -0.2) is 0 Å². The molecule has 6 heteroatoms. The number of carboxylic acid groups (broad SMARTS) is 1. The van der Waals surface area contributed by atoms with Crippen LogP contribution >= 0.6 is 0 Å². The summed E-state index contributed by atoms with van der Waals surface area (Å²) in [6.45, 7) is 3.93. The average Bonchev–Trinajstić information content (AvgIpc) is 1.86. The molecule has 0 aliphatic carbocycles. The van der Waals surface area contributed by atoms with Gasteiger partial charge in [0.1, 0.15) is 0 Å². The van der Waals surface area contributed by atoms with Crippen molar-refractivity contribution in [3.63, 3.8) is 0 Å². The first kappa shape index (κ1) is 29.3. The minimum atomic E-state index is -0.723. The number of carboxylic acids is 1. The predicted molar refractivity (Wildman–Crippen MR) is 40.4 cm³/mol. The molecule has 0 saturated heterocycles. The molecule has 0 atom stereocenters. The molecular formula is C8H14O2ReRfRh2-2. The molecule has 14 heavy (non-hydrogen) atoms. The van der Waals surface area contributed by atoms with E-state index < -0.39 is 5.97 Å². The summed E-state index contributed by atoms with van der Waals surface area (Å²) < 4.78 is 0. The van der Waals surface area contributed by atoms with Crippen LogP contribution in [0.2, 0.25) is 0 Å². The maximum absolute atomic E-state index is 10.2. The van der Waals surface area contributed by atoms with E-state index in [0.717, 1.165) is 18.8 Å². The average molecular weight is 801 g/mol. The van der Waals surface area contributed by atoms with Crippen LogP contribution in [0.5, 0.6) is 0 Å². The number of rotatable bonds is 5. The van der Waals surface area contributed by atoms with Gasteiger partial charge in [-0.15, -0.1) is 0 Å². The van der Waals surface area contributed by atoms with Gasteiger partial charge in [-0.1, -0.05) is 13.3 Å². The van der Waals surface area contributed by atoms with Crippen molar-refractivity contribution in [2.24, 2.45) is 0 Å². The summed E-state index contributed by atoms with van der Waals surface area (Å²) in [5.41, 5.74) is 0. The molecule has 0 aromatic rings. The third kappa shape index (κ3) is 18.2. The van der Waals surface area contributed by atoms with Crippen LogP contribution in [0.1, 0.15) is 33.1 Å². The maximum Gasteiger partial charge on any atom is 0.273 e. The van der Waals surface area contributed by atoms with E-state index in [9.17, 15) is 4.79 Å². The molecule has 1 N–H and O–H groups in total. The Kier molecular flexibility index (Phi) is 39.8. The van der Waals surface area contributed by atoms with Gasteiger partial charge in [0.15, 0.2) is 0 Å². The van der Waals surface area contributed by atoms with E-state index in [2.05, 4.69) is 0 Å². The zero-order valence-corrected chi connectivity index (χ0v) is 20.7. The van der Waals surface area contributed by atoms with Crippen molar-refractivity contribution in [3.05, 3.63) is 12.3 Å². The van der Waals surface area contributed by atoms with E-state index in [1.165, 1.54) is 0 Å². The maximum atomic E-state index is 10.2. The van der Waals surface area contributed by atoms with E-state index >= 15 is 0 Å². The van der Waals surface area contributed by atoms with Gasteiger partial charge in [0.25, 0.3) is 5.97 Å². The molecule has 0 aliphatic heterocycles. The van der Waals surface area contributed by atoms with E-state index in [1.54, 1.807) is 0 Å². The number of carbonyl (C=O) groups is 1. The van der Waals surface area contributed by atoms with Crippen LogP contribution < -0.4 is 0 Å². The molecule has 0 fully saturated rings. The Morgan fingerprint density at radius 3 is 2.07 bits per heavy atom. The molecule has 0 bridgehead atoms. The van der Waals surface area contributed by atoms with Crippen LogP contribution in [0, 0.1) is 12.3 Å². The van der Waals surface area contributed by atoms with Crippen LogP contribution in [0.3, 0.4) is 0 Å². The Morgan fingerprint density at radius 1 is 1.43 bits per heavy atom. The summed E-state index contributed by atoms with van der Waals surface area (Å²) in [6, 6.07) is 0. The monoisotopic (exact) mass is 802 g/mol. The van der Waals surface area contributed by atoms with Crippen molar-refractivity contribution in [1.82, 2.24) is 0 Å². The van der Waals surface area contributed by atoms with Crippen LogP contribution in [-0.2, 0) is 64.2 Å². The second kappa shape index (κ2) is 19.0. The fourth-order valence-electron chi connectivity index (χ4n) is 0.844. The Hall–Kier alpha value is 0.379. The van der Waals surface area contributed by atoms with Gasteiger partial charge < -0.3 is 23.9 Å². The molecular weight excluding hydrogens is 787 g/mol. The summed E-state index contributed by atoms with van der Waals surface area (Å²) in [5, 5.41) is 8.41. The van der Waals surface area contributed by atoms with Gasteiger partial charge in [-0.2, -0.15) is 13.3 Å². The molecule has 0 unspecified atom stereocenters. The Morgan fingerprint density at radius 2 is 1.86 bits per heavy atom. The Bertz CT molecular complexity index is 118. The second-order valence-electron chi connectivity index (χ2n) is 2.29. The smallest absolute Gasteiger partial charge is 0.273 e. The van der Waals surface area contributed by atoms with Gasteiger partial charge in [0.05, 0.1) is 0 Å². The second-order valence-corrected chi connectivity index (χ2v) is 2.29. The topological polar surface area (TPSA) is 37.3 Å². The van der Waals surface area contributed by atoms with Crippen molar-refractivity contribution >= 4 is 5.97 Å². The van der Waals surface area contributed by atoms with Crippen molar-refractivity contribution in [3.8, 4) is 0 Å². The van der Waals surface area contributed by atoms with Gasteiger partial charge in [0.2, 0.25) is 0 Å². The Labute approximate surface area is 120 Å². The fraction of sp³-hybridized carbons (Fsp3) is 0.625. The fourth-order valence-corrected chi connectivity index (χ4v) is 0.844. The quantitative estimate of drug-likeness (QED) is 0.342. The molecule has 0 aromatic carbocycles. The molecule has 87 valence electrons. The molecule has 0 heterocycles. The first-order chi connectivity index (χ1) is 4.70. The van der Waals surface area contributed by atoms with Gasteiger partial charge >= 0.3 is 0 Å². The van der Waals surface area contributed by atoms with Crippen molar-refractivity contribution < 1.29 is 69.3 Å². The minimum Gasteiger partial charge on any atom is -0.483 e. The standard InChI is InChI=1S/C8H14O2.Re.Rf.2Rh/c1-3-5-7(4-2)6-8(9)10;;;;/h3H,4-6H2,1-2H3,(H,9,10);;;;/q-2;;;;. The van der Waals surface area contributed by atoms with Crippen molar-refractivity contribution in [2.45, 2.75) is 33.1 Å². The summed E-state index contributed by atoms with van der Waals surface area (Å²) in [7, 11) is 0. The van der Waals surface area contributed by atoms with E-state index in [4.69, 9.17) is 5.11 Å². The SMILES string of the molecule is C[CH-]C[C-](CC)CC(=O)O.[Re].[Rf].[Rh].[Rh]. The number of hydrogen-bond acceptors (Lipinski definition) is 1. The van der Waals surface area contributed by atoms with Gasteiger partial charge in [-0.05, 0) is 0 Å². The zero-order chi connectivity index (χ0) is 7.98. The van der Waals surface area contributed by atoms with Gasteiger partial charge in [0, 0.05) is 59.4 Å². The van der Waals surface area contributed by atoms with E-state index in [1.807, 2.05) is 20.3 Å². The van der Waals surface area contributed by atoms with Crippen LogP contribution in [-0.4, -0.2) is 11.1 Å². The van der Waals surface area contributed by atoms with Crippen LogP contribution in [0.4, 0.5) is 0 Å². The molecule has 3 radical (unpaired) electrons. The number of hydrogen-bond donors (Lipinski definition) is 1. The third-order valence-electron chi connectivity index (χ3n) is 1.39. The first-order valence-corrected chi connectivity index (χ1v) is 3.53. The summed E-state index contributed by atoms with van der Waals surface area (Å²) >= 11 is 0. The first-order valence-electron chi connectivity index (χ1n) is 3.53. The molecule has 0 rings (SSSR count). The normalized spacial score (nSPS) is 7.36. The molecule has 0 spiro atoms. The third-order valence-corrected chi connectivity index (χ3v) is 1.39. The zero-order valence-electron chi connectivity index (χ0n) is 8.31. The Balaban J connectivity index is -0.0000000675. The van der Waals surface area contributed by atoms with Crippen molar-refractivity contribution in [2.75, 3.05) is 0 Å². The predicted octanol–water partition coefficient (Wildman–Crippen LogP) is 2.05. The number of aliphatic carboxylic acids is 1. The van der Waals surface area contributed by atoms with E-state index in [-0.39, 0.29) is 65.8 Å². The molecule has 2 nitrogen and oxygen atoms in total. The summed E-state index contributed by atoms with van der Waals surface area (Å²) in [4.78, 5) is 10.2. The van der Waals surface area contributed by atoms with E-state index in [0.29, 0.717) is 0 Å². The minimum absolute atomic E-state index is 0. The summed E-state index contributed by atoms with van der Waals surface area (Å²) in [5.74, 6) is 0.369. The van der Waals surface area contributed by atoms with Crippen LogP contribution in [0.15, 0.2) is 0 Å². The molecule has 0 aromatic heterocycles. The van der Waals surface area contributed by atoms with Gasteiger partial charge in [-0.3, -0.25) is 4.79 Å². The molecule has 0 saturated carbocycles. The largest absolute Gasteiger partial charge is 0.483 e. The van der Waals surface area contributed by atoms with Crippen LogP contribution in [0.25, 0.3) is 0 Å².